The standard InChI is InChI=1S/C16H21ClOTe/c1-15(2)13-9-6-10-16(15)11-19(17,18-14(13)16)12-7-4-3-5-8-12/h3-5,7-8,13-14H,6,9-11H2,1-2H3. The summed E-state index contributed by atoms with van der Waals surface area (Å²) in [6.07, 6.45) is 4.51. The SMILES string of the molecule is CC1(C)C2CCCC13C[Te](Cl)(c1ccccc1)OC23. The Hall–Kier alpha value is 0.260. The Morgan fingerprint density at radius 2 is 2.00 bits per heavy atom. The molecule has 2 aliphatic carbocycles. The average molecular weight is 392 g/mol. The van der Waals surface area contributed by atoms with E-state index in [1.165, 1.54) is 22.9 Å². The number of rotatable bonds is 1. The second-order valence-electron chi connectivity index (χ2n) is 6.95. The first-order chi connectivity index (χ1) is 9.00. The molecule has 104 valence electrons. The maximum atomic E-state index is 7.08. The van der Waals surface area contributed by atoms with Crippen molar-refractivity contribution in [2.45, 2.75) is 43.7 Å². The van der Waals surface area contributed by atoms with Gasteiger partial charge < -0.3 is 0 Å². The molecule has 19 heavy (non-hydrogen) atoms. The third-order valence-electron chi connectivity index (χ3n) is 6.05. The second kappa shape index (κ2) is 3.92. The summed E-state index contributed by atoms with van der Waals surface area (Å²) >= 11 is -2.84. The zero-order valence-electron chi connectivity index (χ0n) is 11.6. The molecule has 1 aromatic carbocycles. The number of fused-ring (bicyclic) bond motifs is 2. The molecule has 0 aromatic heterocycles. The van der Waals surface area contributed by atoms with E-state index in [1.807, 2.05) is 0 Å². The summed E-state index contributed by atoms with van der Waals surface area (Å²) in [5, 5.41) is 0. The monoisotopic (exact) mass is 394 g/mol. The van der Waals surface area contributed by atoms with E-state index in [0.29, 0.717) is 16.9 Å². The molecular formula is C16H21ClOTe. The maximum absolute atomic E-state index is 7.08. The van der Waals surface area contributed by atoms with Crippen molar-refractivity contribution < 1.29 is 3.10 Å². The van der Waals surface area contributed by atoms with Crippen LogP contribution in [0.1, 0.15) is 33.1 Å². The van der Waals surface area contributed by atoms with Crippen LogP contribution in [0.25, 0.3) is 0 Å². The fourth-order valence-corrected chi connectivity index (χ4v) is 15.6. The third kappa shape index (κ3) is 1.47. The summed E-state index contributed by atoms with van der Waals surface area (Å²) in [5.74, 6) is 0.747. The molecule has 3 heteroatoms. The molecule has 3 aliphatic rings. The van der Waals surface area contributed by atoms with E-state index in [1.54, 1.807) is 0 Å². The van der Waals surface area contributed by atoms with E-state index >= 15 is 0 Å². The Labute approximate surface area is 123 Å². The number of hydrogen-bond acceptors (Lipinski definition) is 1. The van der Waals surface area contributed by atoms with Crippen LogP contribution in [0.15, 0.2) is 30.3 Å². The van der Waals surface area contributed by atoms with Crippen molar-refractivity contribution in [3.63, 3.8) is 0 Å². The summed E-state index contributed by atoms with van der Waals surface area (Å²) in [6, 6.07) is 10.6. The quantitative estimate of drug-likeness (QED) is 0.661. The molecule has 3 fully saturated rings. The minimum atomic E-state index is -2.84. The Balaban J connectivity index is 1.74. The van der Waals surface area contributed by atoms with Gasteiger partial charge in [-0.15, -0.1) is 0 Å². The Bertz CT molecular complexity index is 517. The van der Waals surface area contributed by atoms with Crippen LogP contribution in [0.3, 0.4) is 0 Å². The fourth-order valence-electron chi connectivity index (χ4n) is 4.81. The normalized spacial score (nSPS) is 49.8. The van der Waals surface area contributed by atoms with Gasteiger partial charge in [-0.25, -0.2) is 0 Å². The molecule has 1 heterocycles. The zero-order chi connectivity index (χ0) is 13.3. The van der Waals surface area contributed by atoms with Gasteiger partial charge in [0.05, 0.1) is 0 Å². The Kier molecular flexibility index (Phi) is 2.67. The van der Waals surface area contributed by atoms with Crippen molar-refractivity contribution in [2.24, 2.45) is 16.7 Å². The van der Waals surface area contributed by atoms with E-state index in [0.717, 1.165) is 10.4 Å². The van der Waals surface area contributed by atoms with Crippen molar-refractivity contribution in [1.29, 1.82) is 0 Å². The van der Waals surface area contributed by atoms with Crippen molar-refractivity contribution in [1.82, 2.24) is 0 Å². The molecule has 0 N–H and O–H groups in total. The number of halogens is 1. The molecule has 2 bridgehead atoms. The minimum absolute atomic E-state index is 0.397. The van der Waals surface area contributed by atoms with Gasteiger partial charge in [0.15, 0.2) is 0 Å². The van der Waals surface area contributed by atoms with E-state index in [2.05, 4.69) is 44.2 Å². The van der Waals surface area contributed by atoms with Crippen LogP contribution in [-0.4, -0.2) is 23.6 Å². The van der Waals surface area contributed by atoms with Gasteiger partial charge >= 0.3 is 124 Å². The summed E-state index contributed by atoms with van der Waals surface area (Å²) in [7, 11) is 7.08. The van der Waals surface area contributed by atoms with Crippen LogP contribution in [-0.2, 0) is 3.10 Å². The first kappa shape index (κ1) is 13.0. The molecule has 1 nitrogen and oxygen atoms in total. The average Bonchev–Trinajstić information content (AvgIpc) is 2.72. The molecule has 4 unspecified atom stereocenters. The van der Waals surface area contributed by atoms with Gasteiger partial charge in [0.2, 0.25) is 0 Å². The molecular weight excluding hydrogens is 371 g/mol. The summed E-state index contributed by atoms with van der Waals surface area (Å²) in [5.41, 5.74) is 0.835. The molecule has 1 saturated heterocycles. The number of benzene rings is 1. The molecule has 1 aliphatic heterocycles. The van der Waals surface area contributed by atoms with Crippen LogP contribution < -0.4 is 3.61 Å². The Morgan fingerprint density at radius 3 is 2.63 bits per heavy atom. The molecule has 4 atom stereocenters. The van der Waals surface area contributed by atoms with Gasteiger partial charge in [0.1, 0.15) is 0 Å². The molecule has 2 saturated carbocycles. The first-order valence-corrected chi connectivity index (χ1v) is 14.0. The topological polar surface area (TPSA) is 9.23 Å². The van der Waals surface area contributed by atoms with Crippen molar-refractivity contribution in [3.8, 4) is 0 Å². The van der Waals surface area contributed by atoms with Gasteiger partial charge in [-0.05, 0) is 0 Å². The fraction of sp³-hybridized carbons (Fsp3) is 0.625. The van der Waals surface area contributed by atoms with Crippen LogP contribution in [0.4, 0.5) is 0 Å². The molecule has 0 amide bonds. The van der Waals surface area contributed by atoms with Gasteiger partial charge in [-0.1, -0.05) is 0 Å². The summed E-state index contributed by atoms with van der Waals surface area (Å²) in [4.78, 5) is 0. The van der Waals surface area contributed by atoms with E-state index in [9.17, 15) is 0 Å². The van der Waals surface area contributed by atoms with Crippen molar-refractivity contribution in [2.75, 3.05) is 0 Å². The molecule has 1 spiro atoms. The van der Waals surface area contributed by atoms with Crippen LogP contribution in [0.5, 0.6) is 0 Å². The van der Waals surface area contributed by atoms with Gasteiger partial charge in [0.25, 0.3) is 0 Å². The zero-order valence-corrected chi connectivity index (χ0v) is 14.7. The van der Waals surface area contributed by atoms with E-state index in [4.69, 9.17) is 12.1 Å². The third-order valence-corrected chi connectivity index (χ3v) is 15.2. The van der Waals surface area contributed by atoms with Gasteiger partial charge in [0, 0.05) is 0 Å². The molecule has 0 radical (unpaired) electrons. The molecule has 4 rings (SSSR count). The van der Waals surface area contributed by atoms with Gasteiger partial charge in [-0.2, -0.15) is 0 Å². The van der Waals surface area contributed by atoms with E-state index < -0.39 is 17.5 Å². The van der Waals surface area contributed by atoms with Crippen LogP contribution in [0, 0.1) is 16.7 Å². The van der Waals surface area contributed by atoms with Crippen LogP contribution >= 0.6 is 8.96 Å². The van der Waals surface area contributed by atoms with Gasteiger partial charge in [-0.3, -0.25) is 0 Å². The summed E-state index contributed by atoms with van der Waals surface area (Å²) in [6.45, 7) is 4.90. The predicted octanol–water partition coefficient (Wildman–Crippen LogP) is 3.80. The first-order valence-electron chi connectivity index (χ1n) is 7.24. The Morgan fingerprint density at radius 1 is 1.26 bits per heavy atom. The summed E-state index contributed by atoms with van der Waals surface area (Å²) < 4.78 is 9.06. The van der Waals surface area contributed by atoms with Crippen molar-refractivity contribution in [3.05, 3.63) is 30.3 Å². The van der Waals surface area contributed by atoms with Crippen molar-refractivity contribution >= 4 is 30.0 Å². The second-order valence-corrected chi connectivity index (χ2v) is 16.4. The van der Waals surface area contributed by atoms with E-state index in [-0.39, 0.29) is 0 Å². The predicted molar refractivity (Wildman–Crippen MR) is 80.9 cm³/mol. The molecule has 1 aromatic rings. The number of hydrogen-bond donors (Lipinski definition) is 0. The van der Waals surface area contributed by atoms with Crippen LogP contribution in [0.2, 0.25) is 4.47 Å².